The third-order valence-electron chi connectivity index (χ3n) is 2.54. The van der Waals surface area contributed by atoms with Gasteiger partial charge in [-0.15, -0.1) is 11.3 Å². The molecule has 0 spiro atoms. The van der Waals surface area contributed by atoms with Crippen molar-refractivity contribution in [2.45, 2.75) is 12.5 Å². The number of hydrogen-bond donors (Lipinski definition) is 2. The van der Waals surface area contributed by atoms with Crippen molar-refractivity contribution >= 4 is 38.9 Å². The number of rotatable bonds is 4. The summed E-state index contributed by atoms with van der Waals surface area (Å²) in [6.07, 6.45) is 0.773. The number of thiophene rings is 1. The highest BCUT2D eigenvalue weighted by Crippen LogP contribution is 2.31. The van der Waals surface area contributed by atoms with Crippen LogP contribution >= 0.6 is 38.9 Å². The lowest BCUT2D eigenvalue weighted by Gasteiger charge is -2.16. The molecule has 0 saturated heterocycles. The summed E-state index contributed by atoms with van der Waals surface area (Å²) in [4.78, 5) is 1.19. The van der Waals surface area contributed by atoms with Crippen molar-refractivity contribution in [2.75, 3.05) is 0 Å². The van der Waals surface area contributed by atoms with Crippen LogP contribution in [0.4, 0.5) is 0 Å². The maximum atomic E-state index is 6.15. The molecule has 2 aromatic rings. The van der Waals surface area contributed by atoms with Gasteiger partial charge < -0.3 is 0 Å². The van der Waals surface area contributed by atoms with E-state index in [2.05, 4.69) is 21.4 Å². The third-order valence-corrected chi connectivity index (χ3v) is 4.90. The Hall–Kier alpha value is -0.390. The van der Waals surface area contributed by atoms with Crippen LogP contribution in [0.5, 0.6) is 0 Å². The Morgan fingerprint density at radius 2 is 2.12 bits per heavy atom. The second-order valence-corrected chi connectivity index (χ2v) is 5.86. The van der Waals surface area contributed by atoms with E-state index in [-0.39, 0.29) is 6.04 Å². The van der Waals surface area contributed by atoms with Crippen LogP contribution in [-0.2, 0) is 6.42 Å². The van der Waals surface area contributed by atoms with Crippen molar-refractivity contribution in [1.82, 2.24) is 5.43 Å². The lowest BCUT2D eigenvalue weighted by atomic mass is 10.1. The number of halogens is 2. The van der Waals surface area contributed by atoms with Crippen LogP contribution in [0.3, 0.4) is 0 Å². The van der Waals surface area contributed by atoms with E-state index in [0.717, 1.165) is 21.5 Å². The molecule has 1 heterocycles. The first kappa shape index (κ1) is 13.1. The smallest absolute Gasteiger partial charge is 0.0605 e. The summed E-state index contributed by atoms with van der Waals surface area (Å²) >= 11 is 11.3. The predicted molar refractivity (Wildman–Crippen MR) is 77.2 cm³/mol. The molecule has 0 bridgehead atoms. The molecule has 1 aromatic carbocycles. The lowest BCUT2D eigenvalue weighted by Crippen LogP contribution is -2.29. The lowest BCUT2D eigenvalue weighted by molar-refractivity contribution is 0.559. The molecule has 0 aliphatic heterocycles. The van der Waals surface area contributed by atoms with Gasteiger partial charge in [-0.3, -0.25) is 11.3 Å². The van der Waals surface area contributed by atoms with E-state index in [4.69, 9.17) is 17.4 Å². The quantitative estimate of drug-likeness (QED) is 0.658. The Morgan fingerprint density at radius 1 is 1.35 bits per heavy atom. The molecule has 90 valence electrons. The second-order valence-electron chi connectivity index (χ2n) is 3.65. The third kappa shape index (κ3) is 3.09. The molecule has 0 saturated carbocycles. The molecule has 17 heavy (non-hydrogen) atoms. The molecule has 1 aromatic heterocycles. The number of hydrazine groups is 1. The molecule has 1 unspecified atom stereocenters. The Bertz CT molecular complexity index is 501. The van der Waals surface area contributed by atoms with Gasteiger partial charge in [-0.05, 0) is 45.4 Å². The Morgan fingerprint density at radius 3 is 2.71 bits per heavy atom. The SMILES string of the molecule is NNC(Cc1ccccc1Cl)c1sccc1Br. The average Bonchev–Trinajstić information content (AvgIpc) is 2.75. The van der Waals surface area contributed by atoms with Crippen LogP contribution in [0.1, 0.15) is 16.5 Å². The van der Waals surface area contributed by atoms with Gasteiger partial charge in [0.15, 0.2) is 0 Å². The van der Waals surface area contributed by atoms with Crippen LogP contribution in [-0.4, -0.2) is 0 Å². The fourth-order valence-corrected chi connectivity index (χ4v) is 3.59. The minimum Gasteiger partial charge on any atom is -0.271 e. The van der Waals surface area contributed by atoms with E-state index in [1.807, 2.05) is 35.7 Å². The molecule has 0 radical (unpaired) electrons. The molecular weight excluding hydrogens is 320 g/mol. The fourth-order valence-electron chi connectivity index (χ4n) is 1.67. The van der Waals surface area contributed by atoms with E-state index in [1.165, 1.54) is 4.88 Å². The highest BCUT2D eigenvalue weighted by Gasteiger charge is 2.16. The van der Waals surface area contributed by atoms with E-state index >= 15 is 0 Å². The predicted octanol–water partition coefficient (Wildman–Crippen LogP) is 3.91. The zero-order valence-electron chi connectivity index (χ0n) is 8.99. The number of nitrogens with two attached hydrogens (primary N) is 1. The number of benzene rings is 1. The summed E-state index contributed by atoms with van der Waals surface area (Å²) < 4.78 is 1.08. The monoisotopic (exact) mass is 330 g/mol. The molecular formula is C12H12BrClN2S. The van der Waals surface area contributed by atoms with Crippen molar-refractivity contribution < 1.29 is 0 Å². The molecule has 2 rings (SSSR count). The van der Waals surface area contributed by atoms with Crippen LogP contribution in [0.25, 0.3) is 0 Å². The molecule has 0 fully saturated rings. The summed E-state index contributed by atoms with van der Waals surface area (Å²) in [5.74, 6) is 5.62. The van der Waals surface area contributed by atoms with E-state index in [9.17, 15) is 0 Å². The first-order valence-corrected chi connectivity index (χ1v) is 7.20. The van der Waals surface area contributed by atoms with Crippen LogP contribution in [0.2, 0.25) is 5.02 Å². The van der Waals surface area contributed by atoms with E-state index in [1.54, 1.807) is 11.3 Å². The second kappa shape index (κ2) is 5.98. The summed E-state index contributed by atoms with van der Waals surface area (Å²) in [5.41, 5.74) is 3.94. The minimum atomic E-state index is 0.0734. The van der Waals surface area contributed by atoms with Gasteiger partial charge in [0.1, 0.15) is 0 Å². The minimum absolute atomic E-state index is 0.0734. The molecule has 0 aliphatic carbocycles. The molecule has 3 N–H and O–H groups in total. The van der Waals surface area contributed by atoms with Gasteiger partial charge in [0.25, 0.3) is 0 Å². The van der Waals surface area contributed by atoms with Gasteiger partial charge in [-0.2, -0.15) is 0 Å². The maximum absolute atomic E-state index is 6.15. The van der Waals surface area contributed by atoms with Crippen molar-refractivity contribution in [3.63, 3.8) is 0 Å². The normalized spacial score (nSPS) is 12.6. The average molecular weight is 332 g/mol. The van der Waals surface area contributed by atoms with Crippen molar-refractivity contribution in [3.05, 3.63) is 55.6 Å². The molecule has 5 heteroatoms. The zero-order chi connectivity index (χ0) is 12.3. The Labute approximate surface area is 118 Å². The first-order chi connectivity index (χ1) is 8.22. The summed E-state index contributed by atoms with van der Waals surface area (Å²) in [5, 5.41) is 2.82. The van der Waals surface area contributed by atoms with Crippen molar-refractivity contribution in [3.8, 4) is 0 Å². The standard InChI is InChI=1S/C12H12BrClN2S/c13-9-5-6-17-12(9)11(16-15)7-8-3-1-2-4-10(8)14/h1-6,11,16H,7,15H2. The summed E-state index contributed by atoms with van der Waals surface area (Å²) in [6, 6.07) is 9.93. The Balaban J connectivity index is 2.22. The summed E-state index contributed by atoms with van der Waals surface area (Å²) in [7, 11) is 0. The molecule has 0 aliphatic rings. The zero-order valence-corrected chi connectivity index (χ0v) is 12.1. The van der Waals surface area contributed by atoms with E-state index in [0.29, 0.717) is 0 Å². The number of hydrogen-bond acceptors (Lipinski definition) is 3. The maximum Gasteiger partial charge on any atom is 0.0605 e. The van der Waals surface area contributed by atoms with Crippen molar-refractivity contribution in [1.29, 1.82) is 0 Å². The van der Waals surface area contributed by atoms with Gasteiger partial charge in [0.05, 0.1) is 6.04 Å². The van der Waals surface area contributed by atoms with Gasteiger partial charge >= 0.3 is 0 Å². The van der Waals surface area contributed by atoms with Gasteiger partial charge in [-0.25, -0.2) is 0 Å². The molecule has 2 nitrogen and oxygen atoms in total. The highest BCUT2D eigenvalue weighted by atomic mass is 79.9. The van der Waals surface area contributed by atoms with Gasteiger partial charge in [0, 0.05) is 14.4 Å². The van der Waals surface area contributed by atoms with Crippen LogP contribution < -0.4 is 11.3 Å². The molecule has 1 atom stereocenters. The topological polar surface area (TPSA) is 38.0 Å². The first-order valence-electron chi connectivity index (χ1n) is 5.14. The number of nitrogens with one attached hydrogen (secondary N) is 1. The van der Waals surface area contributed by atoms with Gasteiger partial charge in [-0.1, -0.05) is 29.8 Å². The highest BCUT2D eigenvalue weighted by molar-refractivity contribution is 9.10. The molecule has 0 amide bonds. The largest absolute Gasteiger partial charge is 0.271 e. The summed E-state index contributed by atoms with van der Waals surface area (Å²) in [6.45, 7) is 0. The fraction of sp³-hybridized carbons (Fsp3) is 0.167. The Kier molecular flexibility index (Phi) is 4.59. The van der Waals surface area contributed by atoms with Crippen LogP contribution in [0, 0.1) is 0 Å². The van der Waals surface area contributed by atoms with Crippen molar-refractivity contribution in [2.24, 2.45) is 5.84 Å². The van der Waals surface area contributed by atoms with Gasteiger partial charge in [0.2, 0.25) is 0 Å². The van der Waals surface area contributed by atoms with Crippen LogP contribution in [0.15, 0.2) is 40.2 Å². The van der Waals surface area contributed by atoms with E-state index < -0.39 is 0 Å².